The van der Waals surface area contributed by atoms with Crippen LogP contribution in [0.2, 0.25) is 0 Å². The largest absolute Gasteiger partial charge is 0.452 e. The maximum absolute atomic E-state index is 11.9. The van der Waals surface area contributed by atoms with Crippen LogP contribution in [-0.4, -0.2) is 23.6 Å². The van der Waals surface area contributed by atoms with Crippen molar-refractivity contribution in [2.45, 2.75) is 6.92 Å². The van der Waals surface area contributed by atoms with Gasteiger partial charge in [0.1, 0.15) is 5.69 Å². The predicted molar refractivity (Wildman–Crippen MR) is 96.7 cm³/mol. The third-order valence-electron chi connectivity index (χ3n) is 3.68. The Morgan fingerprint density at radius 2 is 1.96 bits per heavy atom. The number of amides is 1. The normalized spacial score (nSPS) is 10.1. The lowest BCUT2D eigenvalue weighted by Gasteiger charge is -2.04. The molecule has 134 valence electrons. The molecule has 2 aromatic carbocycles. The van der Waals surface area contributed by atoms with E-state index in [9.17, 15) is 9.59 Å². The number of carbonyl (C=O) groups excluding carboxylic acids is 2. The number of hydrogen-bond acceptors (Lipinski definition) is 6. The Morgan fingerprint density at radius 1 is 1.19 bits per heavy atom. The van der Waals surface area contributed by atoms with Gasteiger partial charge >= 0.3 is 5.97 Å². The zero-order chi connectivity index (χ0) is 19.2. The summed E-state index contributed by atoms with van der Waals surface area (Å²) in [6.07, 6.45) is 0. The number of nitriles is 1. The van der Waals surface area contributed by atoms with Gasteiger partial charge in [0.05, 0.1) is 17.2 Å². The summed E-state index contributed by atoms with van der Waals surface area (Å²) in [5.41, 5.74) is 3.09. The Bertz CT molecular complexity index is 1020. The molecule has 0 unspecified atom stereocenters. The van der Waals surface area contributed by atoms with Crippen molar-refractivity contribution in [2.24, 2.45) is 0 Å². The van der Waals surface area contributed by atoms with Crippen LogP contribution in [0.5, 0.6) is 0 Å². The number of carbonyl (C=O) groups is 2. The molecule has 0 bridgehead atoms. The number of ether oxygens (including phenoxy) is 1. The Labute approximate surface area is 155 Å². The molecule has 0 atom stereocenters. The molecule has 0 saturated heterocycles. The second-order valence-corrected chi connectivity index (χ2v) is 5.76. The van der Waals surface area contributed by atoms with E-state index in [0.717, 1.165) is 11.1 Å². The van der Waals surface area contributed by atoms with Crippen molar-refractivity contribution in [1.29, 1.82) is 5.26 Å². The van der Waals surface area contributed by atoms with Crippen LogP contribution in [0.4, 0.5) is 5.88 Å². The van der Waals surface area contributed by atoms with Gasteiger partial charge < -0.3 is 9.26 Å². The number of nitrogens with zero attached hydrogens (tertiary/aromatic N) is 2. The predicted octanol–water partition coefficient (Wildman–Crippen LogP) is 3.32. The second-order valence-electron chi connectivity index (χ2n) is 5.76. The van der Waals surface area contributed by atoms with Gasteiger partial charge in [-0.2, -0.15) is 5.26 Å². The number of nitrogens with one attached hydrogen (secondary N) is 1. The molecule has 1 heterocycles. The van der Waals surface area contributed by atoms with E-state index in [2.05, 4.69) is 10.5 Å². The number of rotatable bonds is 5. The van der Waals surface area contributed by atoms with E-state index in [-0.39, 0.29) is 11.4 Å². The fourth-order valence-electron chi connectivity index (χ4n) is 2.30. The van der Waals surface area contributed by atoms with Crippen LogP contribution in [0.3, 0.4) is 0 Å². The second kappa shape index (κ2) is 7.97. The van der Waals surface area contributed by atoms with E-state index in [1.54, 1.807) is 18.2 Å². The highest BCUT2D eigenvalue weighted by Gasteiger charge is 2.13. The molecule has 27 heavy (non-hydrogen) atoms. The summed E-state index contributed by atoms with van der Waals surface area (Å²) in [5, 5.41) is 15.2. The van der Waals surface area contributed by atoms with Gasteiger partial charge in [-0.3, -0.25) is 10.1 Å². The summed E-state index contributed by atoms with van der Waals surface area (Å²) in [6.45, 7) is 1.49. The highest BCUT2D eigenvalue weighted by Crippen LogP contribution is 2.22. The zero-order valence-corrected chi connectivity index (χ0v) is 14.4. The topological polar surface area (TPSA) is 105 Å². The summed E-state index contributed by atoms with van der Waals surface area (Å²) >= 11 is 0. The van der Waals surface area contributed by atoms with Gasteiger partial charge in [0.25, 0.3) is 5.91 Å². The third-order valence-corrected chi connectivity index (χ3v) is 3.68. The maximum Gasteiger partial charge on any atom is 0.338 e. The van der Waals surface area contributed by atoms with E-state index in [1.165, 1.54) is 12.1 Å². The Morgan fingerprint density at radius 3 is 2.70 bits per heavy atom. The highest BCUT2D eigenvalue weighted by molar-refractivity contribution is 5.95. The highest BCUT2D eigenvalue weighted by atomic mass is 16.5. The molecule has 7 heteroatoms. The average Bonchev–Trinajstić information content (AvgIpc) is 3.15. The Hall–Kier alpha value is -3.92. The van der Waals surface area contributed by atoms with E-state index >= 15 is 0 Å². The maximum atomic E-state index is 11.9. The molecule has 0 aliphatic carbocycles. The zero-order valence-electron chi connectivity index (χ0n) is 14.4. The van der Waals surface area contributed by atoms with Crippen LogP contribution in [0.1, 0.15) is 21.5 Å². The van der Waals surface area contributed by atoms with Crippen molar-refractivity contribution in [1.82, 2.24) is 5.16 Å². The van der Waals surface area contributed by atoms with Gasteiger partial charge in [0, 0.05) is 11.6 Å². The fraction of sp³-hybridized carbons (Fsp3) is 0.100. The molecule has 3 rings (SSSR count). The Balaban J connectivity index is 1.56. The summed E-state index contributed by atoms with van der Waals surface area (Å²) in [5.74, 6) is -1.11. The first kappa shape index (κ1) is 17.9. The standard InChI is InChI=1S/C20H15N3O4/c1-13-5-7-15(8-6-13)17-10-19(27-23-17)22-18(24)12-26-20(25)16-4-2-3-14(9-16)11-21/h2-10H,12H2,1H3,(H,22,24). The molecular weight excluding hydrogens is 346 g/mol. The molecule has 0 radical (unpaired) electrons. The van der Waals surface area contributed by atoms with Crippen LogP contribution in [0.15, 0.2) is 59.1 Å². The molecule has 0 aliphatic rings. The van der Waals surface area contributed by atoms with Crippen molar-refractivity contribution in [2.75, 3.05) is 11.9 Å². The molecule has 1 amide bonds. The summed E-state index contributed by atoms with van der Waals surface area (Å²) in [6, 6.07) is 17.2. The molecule has 7 nitrogen and oxygen atoms in total. The molecule has 1 aromatic heterocycles. The fourth-order valence-corrected chi connectivity index (χ4v) is 2.30. The minimum Gasteiger partial charge on any atom is -0.452 e. The van der Waals surface area contributed by atoms with Crippen molar-refractivity contribution < 1.29 is 18.8 Å². The average molecular weight is 361 g/mol. The van der Waals surface area contributed by atoms with Gasteiger partial charge in [-0.25, -0.2) is 4.79 Å². The van der Waals surface area contributed by atoms with Crippen LogP contribution < -0.4 is 5.32 Å². The van der Waals surface area contributed by atoms with Crippen LogP contribution in [0.25, 0.3) is 11.3 Å². The summed E-state index contributed by atoms with van der Waals surface area (Å²) in [7, 11) is 0. The van der Waals surface area contributed by atoms with E-state index in [4.69, 9.17) is 14.5 Å². The lowest BCUT2D eigenvalue weighted by molar-refractivity contribution is -0.119. The number of esters is 1. The number of benzene rings is 2. The molecule has 0 aliphatic heterocycles. The molecule has 0 saturated carbocycles. The van der Waals surface area contributed by atoms with Gasteiger partial charge in [0.2, 0.25) is 5.88 Å². The van der Waals surface area contributed by atoms with Gasteiger partial charge in [-0.15, -0.1) is 0 Å². The van der Waals surface area contributed by atoms with E-state index < -0.39 is 18.5 Å². The molecule has 3 aromatic rings. The van der Waals surface area contributed by atoms with Crippen LogP contribution in [-0.2, 0) is 9.53 Å². The van der Waals surface area contributed by atoms with Gasteiger partial charge in [-0.05, 0) is 25.1 Å². The first-order valence-corrected chi connectivity index (χ1v) is 8.06. The summed E-state index contributed by atoms with van der Waals surface area (Å²) < 4.78 is 10.0. The minimum absolute atomic E-state index is 0.151. The lowest BCUT2D eigenvalue weighted by Crippen LogP contribution is -2.20. The minimum atomic E-state index is -0.694. The quantitative estimate of drug-likeness (QED) is 0.699. The van der Waals surface area contributed by atoms with Crippen molar-refractivity contribution in [3.05, 3.63) is 71.3 Å². The van der Waals surface area contributed by atoms with Gasteiger partial charge in [-0.1, -0.05) is 41.1 Å². The Kier molecular flexibility index (Phi) is 5.28. The number of aryl methyl sites for hydroxylation is 1. The monoisotopic (exact) mass is 361 g/mol. The number of hydrogen-bond donors (Lipinski definition) is 1. The summed E-state index contributed by atoms with van der Waals surface area (Å²) in [4.78, 5) is 23.9. The van der Waals surface area contributed by atoms with Crippen molar-refractivity contribution in [3.63, 3.8) is 0 Å². The lowest BCUT2D eigenvalue weighted by atomic mass is 10.1. The third kappa shape index (κ3) is 4.58. The SMILES string of the molecule is Cc1ccc(-c2cc(NC(=O)COC(=O)c3cccc(C#N)c3)on2)cc1. The first-order chi connectivity index (χ1) is 13.0. The van der Waals surface area contributed by atoms with Crippen LogP contribution in [0, 0.1) is 18.3 Å². The first-order valence-electron chi connectivity index (χ1n) is 8.06. The van der Waals surface area contributed by atoms with E-state index in [1.807, 2.05) is 37.3 Å². The van der Waals surface area contributed by atoms with Crippen molar-refractivity contribution in [3.8, 4) is 17.3 Å². The molecule has 0 fully saturated rings. The molecular formula is C20H15N3O4. The van der Waals surface area contributed by atoms with E-state index in [0.29, 0.717) is 11.3 Å². The molecule has 0 spiro atoms. The number of aromatic nitrogens is 1. The van der Waals surface area contributed by atoms with Gasteiger partial charge in [0.15, 0.2) is 6.61 Å². The smallest absolute Gasteiger partial charge is 0.338 e. The number of anilines is 1. The van der Waals surface area contributed by atoms with Crippen molar-refractivity contribution >= 4 is 17.8 Å². The van der Waals surface area contributed by atoms with Crippen LogP contribution >= 0.6 is 0 Å². The molecule has 1 N–H and O–H groups in total.